The summed E-state index contributed by atoms with van der Waals surface area (Å²) in [7, 11) is 0. The summed E-state index contributed by atoms with van der Waals surface area (Å²) in [4.78, 5) is 11.8. The van der Waals surface area contributed by atoms with Gasteiger partial charge in [-0.2, -0.15) is 0 Å². The standard InChI is InChI=1S/C12H14F2N2O.ClH/c13-9-2-1-3-10(11(9)14)16-12(17)7-4-5-8(15)6-7;/h1-3,7-8H,4-6,15H2,(H,16,17);1H. The van der Waals surface area contributed by atoms with Gasteiger partial charge in [0.05, 0.1) is 5.69 Å². The van der Waals surface area contributed by atoms with E-state index in [9.17, 15) is 13.6 Å². The van der Waals surface area contributed by atoms with Gasteiger partial charge in [0.15, 0.2) is 11.6 Å². The molecule has 1 aliphatic rings. The molecule has 3 N–H and O–H groups in total. The van der Waals surface area contributed by atoms with Crippen molar-refractivity contribution >= 4 is 24.0 Å². The van der Waals surface area contributed by atoms with E-state index in [-0.39, 0.29) is 36.0 Å². The van der Waals surface area contributed by atoms with Gasteiger partial charge in [-0.15, -0.1) is 12.4 Å². The van der Waals surface area contributed by atoms with Crippen molar-refractivity contribution in [2.75, 3.05) is 5.32 Å². The molecule has 1 aromatic rings. The normalized spacial score (nSPS) is 22.4. The van der Waals surface area contributed by atoms with Crippen LogP contribution >= 0.6 is 12.4 Å². The maximum Gasteiger partial charge on any atom is 0.227 e. The number of carbonyl (C=O) groups excluding carboxylic acids is 1. The number of nitrogens with one attached hydrogen (secondary N) is 1. The zero-order chi connectivity index (χ0) is 12.4. The van der Waals surface area contributed by atoms with Crippen molar-refractivity contribution in [3.05, 3.63) is 29.8 Å². The Labute approximate surface area is 110 Å². The van der Waals surface area contributed by atoms with Gasteiger partial charge >= 0.3 is 0 Å². The fourth-order valence-electron chi connectivity index (χ4n) is 2.09. The van der Waals surface area contributed by atoms with Crippen LogP contribution in [0.2, 0.25) is 0 Å². The lowest BCUT2D eigenvalue weighted by atomic mass is 10.1. The first-order chi connectivity index (χ1) is 8.08. The Balaban J connectivity index is 0.00000162. The molecule has 0 bridgehead atoms. The van der Waals surface area contributed by atoms with Crippen LogP contribution in [-0.4, -0.2) is 11.9 Å². The van der Waals surface area contributed by atoms with Gasteiger partial charge in [0.25, 0.3) is 0 Å². The fourth-order valence-corrected chi connectivity index (χ4v) is 2.09. The minimum Gasteiger partial charge on any atom is -0.328 e. The third kappa shape index (κ3) is 3.17. The van der Waals surface area contributed by atoms with E-state index < -0.39 is 11.6 Å². The molecule has 6 heteroatoms. The van der Waals surface area contributed by atoms with Gasteiger partial charge in [-0.05, 0) is 31.4 Å². The largest absolute Gasteiger partial charge is 0.328 e. The van der Waals surface area contributed by atoms with Crippen molar-refractivity contribution in [3.63, 3.8) is 0 Å². The molecule has 0 spiro atoms. The number of benzene rings is 1. The van der Waals surface area contributed by atoms with Crippen molar-refractivity contribution in [2.45, 2.75) is 25.3 Å². The third-order valence-electron chi connectivity index (χ3n) is 3.05. The van der Waals surface area contributed by atoms with Crippen molar-refractivity contribution < 1.29 is 13.6 Å². The van der Waals surface area contributed by atoms with E-state index in [4.69, 9.17) is 5.73 Å². The minimum absolute atomic E-state index is 0. The smallest absolute Gasteiger partial charge is 0.227 e. The highest BCUT2D eigenvalue weighted by Crippen LogP contribution is 2.26. The van der Waals surface area contributed by atoms with Crippen LogP contribution in [0.5, 0.6) is 0 Å². The minimum atomic E-state index is -1.02. The molecular weight excluding hydrogens is 262 g/mol. The molecule has 0 heterocycles. The quantitative estimate of drug-likeness (QED) is 0.872. The first-order valence-electron chi connectivity index (χ1n) is 5.58. The summed E-state index contributed by atoms with van der Waals surface area (Å²) in [6.07, 6.45) is 2.09. The van der Waals surface area contributed by atoms with E-state index in [1.807, 2.05) is 0 Å². The molecule has 2 unspecified atom stereocenters. The van der Waals surface area contributed by atoms with Gasteiger partial charge in [-0.1, -0.05) is 6.07 Å². The third-order valence-corrected chi connectivity index (χ3v) is 3.05. The van der Waals surface area contributed by atoms with E-state index in [0.717, 1.165) is 12.5 Å². The fraction of sp³-hybridized carbons (Fsp3) is 0.417. The van der Waals surface area contributed by atoms with Crippen LogP contribution in [0.25, 0.3) is 0 Å². The van der Waals surface area contributed by atoms with Crippen molar-refractivity contribution in [1.29, 1.82) is 0 Å². The molecule has 2 rings (SSSR count). The average molecular weight is 277 g/mol. The van der Waals surface area contributed by atoms with Gasteiger partial charge in [-0.3, -0.25) is 4.79 Å². The second kappa shape index (κ2) is 6.11. The molecule has 0 saturated heterocycles. The number of nitrogens with two attached hydrogens (primary N) is 1. The molecule has 1 fully saturated rings. The molecule has 2 atom stereocenters. The van der Waals surface area contributed by atoms with Crippen LogP contribution in [0.3, 0.4) is 0 Å². The second-order valence-corrected chi connectivity index (χ2v) is 4.36. The van der Waals surface area contributed by atoms with E-state index >= 15 is 0 Å². The van der Waals surface area contributed by atoms with E-state index in [1.54, 1.807) is 0 Å². The van der Waals surface area contributed by atoms with E-state index in [1.165, 1.54) is 12.1 Å². The molecule has 18 heavy (non-hydrogen) atoms. The van der Waals surface area contributed by atoms with Gasteiger partial charge in [0.2, 0.25) is 5.91 Å². The van der Waals surface area contributed by atoms with Crippen LogP contribution in [0.15, 0.2) is 18.2 Å². The van der Waals surface area contributed by atoms with Crippen molar-refractivity contribution in [1.82, 2.24) is 0 Å². The molecule has 1 aromatic carbocycles. The Bertz CT molecular complexity index is 442. The monoisotopic (exact) mass is 276 g/mol. The highest BCUT2D eigenvalue weighted by Gasteiger charge is 2.28. The average Bonchev–Trinajstić information content (AvgIpc) is 2.72. The Kier molecular flexibility index (Phi) is 5.04. The highest BCUT2D eigenvalue weighted by molar-refractivity contribution is 5.92. The Hall–Kier alpha value is -1.20. The number of halogens is 3. The second-order valence-electron chi connectivity index (χ2n) is 4.36. The summed E-state index contributed by atoms with van der Waals surface area (Å²) in [5.74, 6) is -2.48. The van der Waals surface area contributed by atoms with Crippen molar-refractivity contribution in [3.8, 4) is 0 Å². The molecular formula is C12H15ClF2N2O. The molecule has 0 radical (unpaired) electrons. The first kappa shape index (κ1) is 14.9. The maximum absolute atomic E-state index is 13.3. The molecule has 3 nitrogen and oxygen atoms in total. The van der Waals surface area contributed by atoms with Gasteiger partial charge in [-0.25, -0.2) is 8.78 Å². The molecule has 0 aliphatic heterocycles. The number of carbonyl (C=O) groups is 1. The van der Waals surface area contributed by atoms with Crippen LogP contribution in [0, 0.1) is 17.6 Å². The number of hydrogen-bond acceptors (Lipinski definition) is 2. The van der Waals surface area contributed by atoms with E-state index in [2.05, 4.69) is 5.32 Å². The molecule has 1 saturated carbocycles. The topological polar surface area (TPSA) is 55.1 Å². The highest BCUT2D eigenvalue weighted by atomic mass is 35.5. The summed E-state index contributed by atoms with van der Waals surface area (Å²) in [6.45, 7) is 0. The number of hydrogen-bond donors (Lipinski definition) is 2. The Morgan fingerprint density at radius 3 is 2.67 bits per heavy atom. The molecule has 1 aliphatic carbocycles. The predicted molar refractivity (Wildman–Crippen MR) is 67.6 cm³/mol. The number of anilines is 1. The van der Waals surface area contributed by atoms with Crippen LogP contribution in [0.1, 0.15) is 19.3 Å². The lowest BCUT2D eigenvalue weighted by Crippen LogP contribution is -2.23. The predicted octanol–water partition coefficient (Wildman–Crippen LogP) is 2.45. The van der Waals surface area contributed by atoms with Crippen LogP contribution < -0.4 is 11.1 Å². The molecule has 0 aromatic heterocycles. The maximum atomic E-state index is 13.3. The Morgan fingerprint density at radius 1 is 1.33 bits per heavy atom. The van der Waals surface area contributed by atoms with Crippen LogP contribution in [0.4, 0.5) is 14.5 Å². The van der Waals surface area contributed by atoms with Gasteiger partial charge in [0, 0.05) is 12.0 Å². The van der Waals surface area contributed by atoms with E-state index in [0.29, 0.717) is 12.8 Å². The zero-order valence-corrected chi connectivity index (χ0v) is 10.5. The summed E-state index contributed by atoms with van der Waals surface area (Å²) < 4.78 is 26.2. The lowest BCUT2D eigenvalue weighted by molar-refractivity contribution is -0.119. The van der Waals surface area contributed by atoms with Crippen molar-refractivity contribution in [2.24, 2.45) is 11.7 Å². The van der Waals surface area contributed by atoms with Gasteiger partial charge < -0.3 is 11.1 Å². The van der Waals surface area contributed by atoms with Crippen LogP contribution in [-0.2, 0) is 4.79 Å². The summed E-state index contributed by atoms with van der Waals surface area (Å²) in [5, 5.41) is 2.40. The number of amides is 1. The Morgan fingerprint density at radius 2 is 2.06 bits per heavy atom. The zero-order valence-electron chi connectivity index (χ0n) is 9.66. The number of rotatable bonds is 2. The summed E-state index contributed by atoms with van der Waals surface area (Å²) >= 11 is 0. The first-order valence-corrected chi connectivity index (χ1v) is 5.58. The SMILES string of the molecule is Cl.NC1CCC(C(=O)Nc2cccc(F)c2F)C1. The summed E-state index contributed by atoms with van der Waals surface area (Å²) in [6, 6.07) is 3.74. The summed E-state index contributed by atoms with van der Waals surface area (Å²) in [5.41, 5.74) is 5.58. The lowest BCUT2D eigenvalue weighted by Gasteiger charge is -2.11. The molecule has 100 valence electrons. The van der Waals surface area contributed by atoms with Gasteiger partial charge in [0.1, 0.15) is 0 Å². The molecule has 1 amide bonds.